The zero-order chi connectivity index (χ0) is 18.8. The van der Waals surface area contributed by atoms with Crippen molar-refractivity contribution < 1.29 is 18.7 Å². The molecule has 1 aromatic carbocycles. The molecule has 3 fully saturated rings. The molecule has 5 nitrogen and oxygen atoms in total. The van der Waals surface area contributed by atoms with Gasteiger partial charge in [0.05, 0.1) is 24.5 Å². The van der Waals surface area contributed by atoms with Crippen LogP contribution in [0.15, 0.2) is 30.4 Å². The van der Waals surface area contributed by atoms with Gasteiger partial charge in [0, 0.05) is 30.3 Å². The van der Waals surface area contributed by atoms with E-state index in [1.807, 2.05) is 28.8 Å². The predicted molar refractivity (Wildman–Crippen MR) is 101 cm³/mol. The molecule has 27 heavy (non-hydrogen) atoms. The third kappa shape index (κ3) is 2.48. The summed E-state index contributed by atoms with van der Waals surface area (Å²) in [4.78, 5) is 30.1. The lowest BCUT2D eigenvalue weighted by atomic mass is 9.76. The van der Waals surface area contributed by atoms with Gasteiger partial charge in [0.15, 0.2) is 0 Å². The maximum atomic E-state index is 13.5. The Hall–Kier alpha value is -1.86. The quantitative estimate of drug-likeness (QED) is 0.728. The van der Waals surface area contributed by atoms with Crippen molar-refractivity contribution in [3.63, 3.8) is 0 Å². The van der Waals surface area contributed by atoms with E-state index in [0.717, 1.165) is 24.6 Å². The van der Waals surface area contributed by atoms with Gasteiger partial charge in [-0.15, -0.1) is 0 Å². The molecule has 0 aromatic heterocycles. The Labute approximate surface area is 161 Å². The lowest BCUT2D eigenvalue weighted by Gasteiger charge is -2.32. The van der Waals surface area contributed by atoms with Crippen LogP contribution in [0.25, 0.3) is 0 Å². The molecule has 0 radical (unpaired) electrons. The third-order valence-electron chi connectivity index (χ3n) is 6.16. The summed E-state index contributed by atoms with van der Waals surface area (Å²) in [7, 11) is 0. The van der Waals surface area contributed by atoms with E-state index in [1.165, 1.54) is 12.1 Å². The van der Waals surface area contributed by atoms with Gasteiger partial charge in [-0.3, -0.25) is 9.59 Å². The molecule has 3 saturated heterocycles. The number of carbonyl (C=O) groups is 2. The number of halogens is 1. The second kappa shape index (κ2) is 6.07. The van der Waals surface area contributed by atoms with Crippen LogP contribution >= 0.6 is 11.8 Å². The topological polar surface area (TPSA) is 49.9 Å². The molecule has 142 valence electrons. The van der Waals surface area contributed by atoms with E-state index in [9.17, 15) is 14.0 Å². The van der Waals surface area contributed by atoms with Crippen molar-refractivity contribution in [2.75, 3.05) is 36.0 Å². The first-order valence-electron chi connectivity index (χ1n) is 9.31. The Bertz CT molecular complexity index is 854. The van der Waals surface area contributed by atoms with Gasteiger partial charge in [-0.2, -0.15) is 11.8 Å². The van der Waals surface area contributed by atoms with Gasteiger partial charge >= 0.3 is 0 Å². The molecule has 4 heterocycles. The largest absolute Gasteiger partial charge is 0.360 e. The Kier molecular flexibility index (Phi) is 3.88. The van der Waals surface area contributed by atoms with Gasteiger partial charge in [-0.1, -0.05) is 12.2 Å². The SMILES string of the molecule is Cc1cc(F)ccc1N1C[C@]23C=C[C@H](O2)C(C(=O)N2CCSCC2)C3C1=O. The van der Waals surface area contributed by atoms with Crippen LogP contribution in [0.4, 0.5) is 10.1 Å². The van der Waals surface area contributed by atoms with E-state index in [-0.39, 0.29) is 23.7 Å². The first-order chi connectivity index (χ1) is 13.0. The van der Waals surface area contributed by atoms with Gasteiger partial charge in [0.2, 0.25) is 11.8 Å². The number of amides is 2. The molecule has 1 aromatic rings. The highest BCUT2D eigenvalue weighted by atomic mass is 32.2. The number of anilines is 1. The number of nitrogens with zero attached hydrogens (tertiary/aromatic N) is 2. The fraction of sp³-hybridized carbons (Fsp3) is 0.500. The second-order valence-electron chi connectivity index (χ2n) is 7.69. The summed E-state index contributed by atoms with van der Waals surface area (Å²) in [6.45, 7) is 3.62. The number of aryl methyl sites for hydroxylation is 1. The first kappa shape index (κ1) is 17.3. The Morgan fingerprint density at radius 1 is 1.33 bits per heavy atom. The van der Waals surface area contributed by atoms with Crippen LogP contribution < -0.4 is 4.90 Å². The lowest BCUT2D eigenvalue weighted by molar-refractivity contribution is -0.140. The monoisotopic (exact) mass is 388 g/mol. The zero-order valence-corrected chi connectivity index (χ0v) is 15.9. The van der Waals surface area contributed by atoms with Gasteiger partial charge in [-0.25, -0.2) is 4.39 Å². The summed E-state index contributed by atoms with van der Waals surface area (Å²) in [6.07, 6.45) is 3.57. The summed E-state index contributed by atoms with van der Waals surface area (Å²) in [6, 6.07) is 4.43. The molecule has 1 spiro atoms. The van der Waals surface area contributed by atoms with Gasteiger partial charge in [0.1, 0.15) is 11.4 Å². The summed E-state index contributed by atoms with van der Waals surface area (Å²) in [5.41, 5.74) is 0.647. The molecule has 0 N–H and O–H groups in total. The van der Waals surface area contributed by atoms with Crippen LogP contribution in [0.1, 0.15) is 5.56 Å². The molecular formula is C20H21FN2O3S. The first-order valence-corrected chi connectivity index (χ1v) is 10.5. The molecule has 0 aliphatic carbocycles. The van der Waals surface area contributed by atoms with Crippen LogP contribution in [0.2, 0.25) is 0 Å². The smallest absolute Gasteiger partial charge is 0.234 e. The van der Waals surface area contributed by atoms with E-state index in [1.54, 1.807) is 17.9 Å². The fourth-order valence-electron chi connectivity index (χ4n) is 4.90. The summed E-state index contributed by atoms with van der Waals surface area (Å²) >= 11 is 1.85. The molecule has 7 heteroatoms. The van der Waals surface area contributed by atoms with Crippen LogP contribution in [-0.2, 0) is 14.3 Å². The fourth-order valence-corrected chi connectivity index (χ4v) is 5.80. The van der Waals surface area contributed by atoms with Crippen LogP contribution in [0, 0.1) is 24.6 Å². The summed E-state index contributed by atoms with van der Waals surface area (Å²) < 4.78 is 19.7. The number of hydrogen-bond acceptors (Lipinski definition) is 4. The van der Waals surface area contributed by atoms with E-state index >= 15 is 0 Å². The van der Waals surface area contributed by atoms with Gasteiger partial charge in [-0.05, 0) is 30.7 Å². The second-order valence-corrected chi connectivity index (χ2v) is 8.92. The molecule has 4 atom stereocenters. The van der Waals surface area contributed by atoms with Crippen molar-refractivity contribution in [3.8, 4) is 0 Å². The maximum absolute atomic E-state index is 13.5. The number of hydrogen-bond donors (Lipinski definition) is 0. The van der Waals surface area contributed by atoms with Crippen molar-refractivity contribution in [2.45, 2.75) is 18.6 Å². The van der Waals surface area contributed by atoms with E-state index in [4.69, 9.17) is 4.74 Å². The molecule has 2 amide bonds. The average molecular weight is 388 g/mol. The Balaban J connectivity index is 1.48. The third-order valence-corrected chi connectivity index (χ3v) is 7.10. The molecule has 2 unspecified atom stereocenters. The highest BCUT2D eigenvalue weighted by molar-refractivity contribution is 7.99. The predicted octanol–water partition coefficient (Wildman–Crippen LogP) is 2.00. The minimum absolute atomic E-state index is 0.0301. The van der Waals surface area contributed by atoms with E-state index in [0.29, 0.717) is 17.8 Å². The molecule has 2 bridgehead atoms. The number of thioether (sulfide) groups is 1. The van der Waals surface area contributed by atoms with Crippen LogP contribution in [0.3, 0.4) is 0 Å². The summed E-state index contributed by atoms with van der Waals surface area (Å²) in [5.74, 6) is 0.517. The Morgan fingerprint density at radius 3 is 2.85 bits per heavy atom. The zero-order valence-electron chi connectivity index (χ0n) is 15.1. The minimum Gasteiger partial charge on any atom is -0.360 e. The lowest BCUT2D eigenvalue weighted by Crippen LogP contribution is -2.48. The van der Waals surface area contributed by atoms with Crippen LogP contribution in [-0.4, -0.2) is 59.6 Å². The van der Waals surface area contributed by atoms with E-state index < -0.39 is 17.4 Å². The van der Waals surface area contributed by atoms with Crippen molar-refractivity contribution >= 4 is 29.3 Å². The minimum atomic E-state index is -0.743. The van der Waals surface area contributed by atoms with Gasteiger partial charge in [0.25, 0.3) is 0 Å². The number of ether oxygens (including phenoxy) is 1. The van der Waals surface area contributed by atoms with Crippen molar-refractivity contribution in [1.82, 2.24) is 4.90 Å². The Morgan fingerprint density at radius 2 is 2.11 bits per heavy atom. The number of benzene rings is 1. The molecule has 5 rings (SSSR count). The van der Waals surface area contributed by atoms with Crippen molar-refractivity contribution in [3.05, 3.63) is 41.7 Å². The van der Waals surface area contributed by atoms with Crippen molar-refractivity contribution in [2.24, 2.45) is 11.8 Å². The molecule has 0 saturated carbocycles. The summed E-state index contributed by atoms with van der Waals surface area (Å²) in [5, 5.41) is 0. The molecule has 4 aliphatic rings. The number of rotatable bonds is 2. The molecule has 4 aliphatic heterocycles. The maximum Gasteiger partial charge on any atom is 0.234 e. The van der Waals surface area contributed by atoms with E-state index in [2.05, 4.69) is 0 Å². The molecular weight excluding hydrogens is 367 g/mol. The normalized spacial score (nSPS) is 34.4. The standard InChI is InChI=1S/C20H21FN2O3S/c1-12-10-13(21)2-3-14(12)23-11-20-5-4-15(26-20)16(17(20)19(23)25)18(24)22-6-8-27-9-7-22/h2-5,10,15-17H,6-9,11H2,1H3/t15-,16?,17?,20-/m0/s1. The number of carbonyl (C=O) groups excluding carboxylic acids is 2. The van der Waals surface area contributed by atoms with Crippen LogP contribution in [0.5, 0.6) is 0 Å². The average Bonchev–Trinajstić information content (AvgIpc) is 3.30. The highest BCUT2D eigenvalue weighted by Crippen LogP contribution is 2.53. The van der Waals surface area contributed by atoms with Gasteiger partial charge < -0.3 is 14.5 Å². The number of fused-ring (bicyclic) bond motifs is 1. The highest BCUT2D eigenvalue weighted by Gasteiger charge is 2.67. The van der Waals surface area contributed by atoms with Crippen molar-refractivity contribution in [1.29, 1.82) is 0 Å².